The molecule has 0 spiro atoms. The van der Waals surface area contributed by atoms with Gasteiger partial charge >= 0.3 is 0 Å². The fraction of sp³-hybridized carbons (Fsp3) is 0.737. The quantitative estimate of drug-likeness (QED) is 0.830. The summed E-state index contributed by atoms with van der Waals surface area (Å²) in [5, 5.41) is 6.26. The highest BCUT2D eigenvalue weighted by Crippen LogP contribution is 2.26. The number of amides is 2. The Bertz CT molecular complexity index is 623. The van der Waals surface area contributed by atoms with E-state index in [0.717, 1.165) is 25.2 Å². The molecular weight excluding hydrogens is 330 g/mol. The minimum Gasteiger partial charge on any atom is -0.345 e. The van der Waals surface area contributed by atoms with Crippen LogP contribution in [0.2, 0.25) is 0 Å². The molecule has 2 heterocycles. The lowest BCUT2D eigenvalue weighted by molar-refractivity contribution is -0.139. The van der Waals surface area contributed by atoms with Gasteiger partial charge in [-0.2, -0.15) is 0 Å². The summed E-state index contributed by atoms with van der Waals surface area (Å²) in [6.45, 7) is 3.85. The van der Waals surface area contributed by atoms with Crippen LogP contribution in [0.15, 0.2) is 12.4 Å². The van der Waals surface area contributed by atoms with Crippen molar-refractivity contribution >= 4 is 11.8 Å². The molecule has 1 aromatic rings. The highest BCUT2D eigenvalue weighted by Gasteiger charge is 2.33. The molecule has 26 heavy (non-hydrogen) atoms. The van der Waals surface area contributed by atoms with E-state index in [1.54, 1.807) is 13.1 Å². The second-order valence-corrected chi connectivity index (χ2v) is 7.65. The van der Waals surface area contributed by atoms with Crippen molar-refractivity contribution in [2.45, 2.75) is 57.5 Å². The number of nitrogens with one attached hydrogen (secondary N) is 2. The second-order valence-electron chi connectivity index (χ2n) is 7.65. The Morgan fingerprint density at radius 1 is 1.35 bits per heavy atom. The first-order valence-corrected chi connectivity index (χ1v) is 9.84. The van der Waals surface area contributed by atoms with E-state index in [2.05, 4.69) is 15.6 Å². The summed E-state index contributed by atoms with van der Waals surface area (Å²) < 4.78 is 1.95. The number of carbonyl (C=O) groups is 2. The maximum Gasteiger partial charge on any atom is 0.245 e. The van der Waals surface area contributed by atoms with Crippen LogP contribution >= 0.6 is 0 Å². The number of aryl methyl sites for hydroxylation is 1. The van der Waals surface area contributed by atoms with Crippen LogP contribution in [0.3, 0.4) is 0 Å². The predicted molar refractivity (Wildman–Crippen MR) is 99.3 cm³/mol. The molecule has 2 fully saturated rings. The standard InChI is InChI=1S/C19H31N5O2/c1-14(22-17(25)12-15-6-4-3-5-7-15)19(26)24-11-8-20-13-16(24)18-21-9-10-23(18)2/h9-10,14-16,20H,3-8,11-13H2,1-2H3,(H,22,25). The molecule has 1 saturated carbocycles. The average molecular weight is 361 g/mol. The van der Waals surface area contributed by atoms with E-state index in [4.69, 9.17) is 0 Å². The molecule has 1 aliphatic heterocycles. The van der Waals surface area contributed by atoms with Gasteiger partial charge < -0.3 is 20.1 Å². The first-order valence-electron chi connectivity index (χ1n) is 9.84. The van der Waals surface area contributed by atoms with E-state index in [9.17, 15) is 9.59 Å². The van der Waals surface area contributed by atoms with Crippen LogP contribution in [0.25, 0.3) is 0 Å². The maximum atomic E-state index is 13.0. The number of imidazole rings is 1. The summed E-state index contributed by atoms with van der Waals surface area (Å²) in [4.78, 5) is 31.6. The third kappa shape index (κ3) is 4.44. The molecule has 2 unspecified atom stereocenters. The van der Waals surface area contributed by atoms with Crippen LogP contribution in [-0.2, 0) is 16.6 Å². The third-order valence-electron chi connectivity index (χ3n) is 5.63. The fourth-order valence-electron chi connectivity index (χ4n) is 4.16. The number of carbonyl (C=O) groups excluding carboxylic acids is 2. The molecule has 2 aliphatic rings. The monoisotopic (exact) mass is 361 g/mol. The Balaban J connectivity index is 1.59. The van der Waals surface area contributed by atoms with Gasteiger partial charge in [0.2, 0.25) is 11.8 Å². The second kappa shape index (κ2) is 8.66. The van der Waals surface area contributed by atoms with E-state index >= 15 is 0 Å². The van der Waals surface area contributed by atoms with Crippen molar-refractivity contribution in [2.75, 3.05) is 19.6 Å². The zero-order valence-electron chi connectivity index (χ0n) is 15.9. The van der Waals surface area contributed by atoms with Crippen LogP contribution in [0, 0.1) is 5.92 Å². The van der Waals surface area contributed by atoms with Gasteiger partial charge in [0.1, 0.15) is 17.9 Å². The third-order valence-corrected chi connectivity index (χ3v) is 5.63. The van der Waals surface area contributed by atoms with E-state index in [-0.39, 0.29) is 17.9 Å². The minimum atomic E-state index is -0.507. The van der Waals surface area contributed by atoms with Crippen molar-refractivity contribution in [1.29, 1.82) is 0 Å². The van der Waals surface area contributed by atoms with E-state index in [0.29, 0.717) is 25.4 Å². The topological polar surface area (TPSA) is 79.3 Å². The van der Waals surface area contributed by atoms with E-state index in [1.807, 2.05) is 22.7 Å². The molecular formula is C19H31N5O2. The van der Waals surface area contributed by atoms with Crippen molar-refractivity contribution in [3.63, 3.8) is 0 Å². The normalized spacial score (nSPS) is 22.8. The van der Waals surface area contributed by atoms with Gasteiger partial charge in [0.15, 0.2) is 0 Å². The highest BCUT2D eigenvalue weighted by molar-refractivity contribution is 5.87. The van der Waals surface area contributed by atoms with Crippen LogP contribution in [-0.4, -0.2) is 51.9 Å². The summed E-state index contributed by atoms with van der Waals surface area (Å²) in [6.07, 6.45) is 10.2. The van der Waals surface area contributed by atoms with Gasteiger partial charge in [-0.05, 0) is 25.7 Å². The van der Waals surface area contributed by atoms with Crippen LogP contribution in [0.1, 0.15) is 57.3 Å². The Kier molecular flexibility index (Phi) is 6.29. The molecule has 7 nitrogen and oxygen atoms in total. The van der Waals surface area contributed by atoms with Crippen LogP contribution in [0.5, 0.6) is 0 Å². The molecule has 0 aromatic carbocycles. The molecule has 1 aromatic heterocycles. The lowest BCUT2D eigenvalue weighted by atomic mass is 9.87. The van der Waals surface area contributed by atoms with Gasteiger partial charge in [-0.3, -0.25) is 9.59 Å². The fourth-order valence-corrected chi connectivity index (χ4v) is 4.16. The maximum absolute atomic E-state index is 13.0. The largest absolute Gasteiger partial charge is 0.345 e. The van der Waals surface area contributed by atoms with E-state index < -0.39 is 6.04 Å². The highest BCUT2D eigenvalue weighted by atomic mass is 16.2. The molecule has 0 radical (unpaired) electrons. The summed E-state index contributed by atoms with van der Waals surface area (Å²) in [7, 11) is 1.94. The molecule has 1 aliphatic carbocycles. The van der Waals surface area contributed by atoms with Crippen molar-refractivity contribution < 1.29 is 9.59 Å². The number of hydrogen-bond acceptors (Lipinski definition) is 4. The molecule has 144 valence electrons. The van der Waals surface area contributed by atoms with Gasteiger partial charge in [0.25, 0.3) is 0 Å². The van der Waals surface area contributed by atoms with E-state index in [1.165, 1.54) is 19.3 Å². The number of aromatic nitrogens is 2. The zero-order chi connectivity index (χ0) is 18.5. The van der Waals surface area contributed by atoms with Crippen molar-refractivity contribution in [3.8, 4) is 0 Å². The molecule has 2 amide bonds. The summed E-state index contributed by atoms with van der Waals surface area (Å²) >= 11 is 0. The molecule has 0 bridgehead atoms. The Morgan fingerprint density at radius 2 is 2.12 bits per heavy atom. The zero-order valence-corrected chi connectivity index (χ0v) is 15.9. The van der Waals surface area contributed by atoms with Gasteiger partial charge in [0.05, 0.1) is 0 Å². The molecule has 2 atom stereocenters. The van der Waals surface area contributed by atoms with Gasteiger partial charge in [-0.1, -0.05) is 19.3 Å². The summed E-state index contributed by atoms with van der Waals surface area (Å²) in [5.74, 6) is 1.31. The molecule has 1 saturated heterocycles. The van der Waals surface area contributed by atoms with Crippen LogP contribution < -0.4 is 10.6 Å². The lowest BCUT2D eigenvalue weighted by Gasteiger charge is -2.37. The average Bonchev–Trinajstić information content (AvgIpc) is 3.07. The first kappa shape index (κ1) is 18.9. The summed E-state index contributed by atoms with van der Waals surface area (Å²) in [6, 6.07) is -0.610. The number of nitrogens with zero attached hydrogens (tertiary/aromatic N) is 3. The Morgan fingerprint density at radius 3 is 2.81 bits per heavy atom. The van der Waals surface area contributed by atoms with Crippen LogP contribution in [0.4, 0.5) is 0 Å². The number of piperazine rings is 1. The minimum absolute atomic E-state index is 0.00132. The summed E-state index contributed by atoms with van der Waals surface area (Å²) in [5.41, 5.74) is 0. The van der Waals surface area contributed by atoms with Crippen molar-refractivity contribution in [3.05, 3.63) is 18.2 Å². The number of hydrogen-bond donors (Lipinski definition) is 2. The smallest absolute Gasteiger partial charge is 0.245 e. The Hall–Kier alpha value is -1.89. The SMILES string of the molecule is CC(NC(=O)CC1CCCCC1)C(=O)N1CCNCC1c1nccn1C. The first-order chi connectivity index (χ1) is 12.6. The predicted octanol–water partition coefficient (Wildman–Crippen LogP) is 1.37. The van der Waals surface area contributed by atoms with Crippen molar-refractivity contribution in [1.82, 2.24) is 25.1 Å². The molecule has 7 heteroatoms. The van der Waals surface area contributed by atoms with Gasteiger partial charge in [-0.15, -0.1) is 0 Å². The molecule has 3 rings (SSSR count). The Labute approximate surface area is 155 Å². The van der Waals surface area contributed by atoms with Gasteiger partial charge in [-0.25, -0.2) is 4.98 Å². The molecule has 2 N–H and O–H groups in total. The lowest BCUT2D eigenvalue weighted by Crippen LogP contribution is -2.55. The number of rotatable bonds is 5. The van der Waals surface area contributed by atoms with Crippen molar-refractivity contribution in [2.24, 2.45) is 13.0 Å². The van der Waals surface area contributed by atoms with Gasteiger partial charge in [0, 0.05) is 45.5 Å².